The molecular formula is C18H25N3O. The molecule has 0 saturated heterocycles. The van der Waals surface area contributed by atoms with Crippen molar-refractivity contribution in [1.29, 1.82) is 0 Å². The van der Waals surface area contributed by atoms with Crippen LogP contribution < -0.4 is 11.1 Å². The van der Waals surface area contributed by atoms with E-state index in [4.69, 9.17) is 5.73 Å². The topological polar surface area (TPSA) is 70.9 Å². The number of fused-ring (bicyclic) bond motifs is 1. The second-order valence-corrected chi connectivity index (χ2v) is 6.44. The minimum absolute atomic E-state index is 0.0335. The summed E-state index contributed by atoms with van der Waals surface area (Å²) in [7, 11) is 0. The van der Waals surface area contributed by atoms with Crippen LogP contribution in [0.15, 0.2) is 30.5 Å². The molecule has 0 atom stereocenters. The number of nitrogens with one attached hydrogen (secondary N) is 2. The second kappa shape index (κ2) is 6.53. The lowest BCUT2D eigenvalue weighted by Gasteiger charge is -2.31. The number of aryl methyl sites for hydroxylation is 1. The summed E-state index contributed by atoms with van der Waals surface area (Å²) in [5.74, 6) is 0.0335. The molecule has 118 valence electrons. The maximum absolute atomic E-state index is 12.3. The minimum atomic E-state index is -0.626. The van der Waals surface area contributed by atoms with Gasteiger partial charge in [-0.1, -0.05) is 37.5 Å². The highest BCUT2D eigenvalue weighted by Crippen LogP contribution is 2.26. The molecule has 0 unspecified atom stereocenters. The molecule has 0 spiro atoms. The van der Waals surface area contributed by atoms with Gasteiger partial charge in [-0.2, -0.15) is 0 Å². The van der Waals surface area contributed by atoms with Crippen molar-refractivity contribution >= 4 is 16.8 Å². The van der Waals surface area contributed by atoms with E-state index in [2.05, 4.69) is 34.7 Å². The molecule has 1 aliphatic rings. The lowest BCUT2D eigenvalue weighted by atomic mass is 9.82. The van der Waals surface area contributed by atoms with Gasteiger partial charge in [-0.15, -0.1) is 0 Å². The monoisotopic (exact) mass is 299 g/mol. The van der Waals surface area contributed by atoms with Gasteiger partial charge in [0.05, 0.1) is 5.54 Å². The average molecular weight is 299 g/mol. The number of para-hydroxylation sites is 1. The van der Waals surface area contributed by atoms with E-state index in [0.717, 1.165) is 38.5 Å². The molecule has 1 fully saturated rings. The van der Waals surface area contributed by atoms with Gasteiger partial charge in [-0.3, -0.25) is 4.79 Å². The predicted octanol–water partition coefficient (Wildman–Crippen LogP) is 2.88. The standard InChI is InChI=1S/C18H25N3O/c19-18(10-4-1-5-11-18)17(22)20-12-6-7-14-13-21-16-9-3-2-8-15(14)16/h2-3,8-9,13,21H,1,4-7,10-12,19H2,(H,20,22). The van der Waals surface area contributed by atoms with Gasteiger partial charge in [-0.25, -0.2) is 0 Å². The van der Waals surface area contributed by atoms with Crippen molar-refractivity contribution < 1.29 is 4.79 Å². The average Bonchev–Trinajstić information content (AvgIpc) is 2.95. The van der Waals surface area contributed by atoms with E-state index in [1.54, 1.807) is 0 Å². The Bertz CT molecular complexity index is 641. The number of carbonyl (C=O) groups is 1. The van der Waals surface area contributed by atoms with Crippen molar-refractivity contribution in [2.75, 3.05) is 6.54 Å². The first-order valence-electron chi connectivity index (χ1n) is 8.31. The summed E-state index contributed by atoms with van der Waals surface area (Å²) in [6.45, 7) is 0.692. The molecule has 1 aromatic carbocycles. The summed E-state index contributed by atoms with van der Waals surface area (Å²) in [4.78, 5) is 15.5. The zero-order chi connectivity index (χ0) is 15.4. The number of H-pyrrole nitrogens is 1. The molecule has 1 heterocycles. The zero-order valence-electron chi connectivity index (χ0n) is 13.0. The molecule has 0 aliphatic heterocycles. The zero-order valence-corrected chi connectivity index (χ0v) is 13.0. The van der Waals surface area contributed by atoms with Crippen LogP contribution in [0.1, 0.15) is 44.1 Å². The van der Waals surface area contributed by atoms with E-state index in [1.807, 2.05) is 6.07 Å². The highest BCUT2D eigenvalue weighted by Gasteiger charge is 2.34. The Morgan fingerprint density at radius 1 is 1.23 bits per heavy atom. The second-order valence-electron chi connectivity index (χ2n) is 6.44. The van der Waals surface area contributed by atoms with Crippen molar-refractivity contribution in [3.05, 3.63) is 36.0 Å². The molecule has 0 radical (unpaired) electrons. The van der Waals surface area contributed by atoms with Gasteiger partial charge in [0.2, 0.25) is 5.91 Å². The highest BCUT2D eigenvalue weighted by atomic mass is 16.2. The quantitative estimate of drug-likeness (QED) is 0.743. The summed E-state index contributed by atoms with van der Waals surface area (Å²) < 4.78 is 0. The van der Waals surface area contributed by atoms with Crippen molar-refractivity contribution in [1.82, 2.24) is 10.3 Å². The Kier molecular flexibility index (Phi) is 4.48. The van der Waals surface area contributed by atoms with Crippen LogP contribution in [-0.4, -0.2) is 23.0 Å². The summed E-state index contributed by atoms with van der Waals surface area (Å²) in [6, 6.07) is 8.31. The van der Waals surface area contributed by atoms with Crippen LogP contribution in [0.25, 0.3) is 10.9 Å². The predicted molar refractivity (Wildman–Crippen MR) is 89.6 cm³/mol. The van der Waals surface area contributed by atoms with Gasteiger partial charge in [0.15, 0.2) is 0 Å². The Hall–Kier alpha value is -1.81. The summed E-state index contributed by atoms with van der Waals surface area (Å²) >= 11 is 0. The lowest BCUT2D eigenvalue weighted by Crippen LogP contribution is -2.55. The van der Waals surface area contributed by atoms with Gasteiger partial charge in [-0.05, 0) is 37.3 Å². The van der Waals surface area contributed by atoms with Gasteiger partial charge < -0.3 is 16.0 Å². The van der Waals surface area contributed by atoms with Crippen LogP contribution in [-0.2, 0) is 11.2 Å². The molecule has 22 heavy (non-hydrogen) atoms. The SMILES string of the molecule is NC1(C(=O)NCCCc2c[nH]c3ccccc23)CCCCC1. The third kappa shape index (κ3) is 3.17. The molecule has 4 heteroatoms. The molecule has 1 amide bonds. The van der Waals surface area contributed by atoms with Gasteiger partial charge >= 0.3 is 0 Å². The molecular weight excluding hydrogens is 274 g/mol. The fourth-order valence-electron chi connectivity index (χ4n) is 3.40. The fourth-order valence-corrected chi connectivity index (χ4v) is 3.40. The first kappa shape index (κ1) is 15.1. The number of amides is 1. The van der Waals surface area contributed by atoms with Crippen molar-refractivity contribution in [2.45, 2.75) is 50.5 Å². The summed E-state index contributed by atoms with van der Waals surface area (Å²) in [5.41, 5.74) is 8.09. The van der Waals surface area contributed by atoms with E-state index in [-0.39, 0.29) is 5.91 Å². The molecule has 4 N–H and O–H groups in total. The number of hydrogen-bond acceptors (Lipinski definition) is 2. The lowest BCUT2D eigenvalue weighted by molar-refractivity contribution is -0.127. The van der Waals surface area contributed by atoms with Crippen LogP contribution in [0.2, 0.25) is 0 Å². The largest absolute Gasteiger partial charge is 0.361 e. The van der Waals surface area contributed by atoms with Crippen LogP contribution in [0.4, 0.5) is 0 Å². The Morgan fingerprint density at radius 3 is 2.82 bits per heavy atom. The number of benzene rings is 1. The molecule has 3 rings (SSSR count). The third-order valence-corrected chi connectivity index (χ3v) is 4.78. The number of aromatic nitrogens is 1. The fraction of sp³-hybridized carbons (Fsp3) is 0.500. The molecule has 1 aromatic heterocycles. The van der Waals surface area contributed by atoms with E-state index < -0.39 is 5.54 Å². The number of carbonyl (C=O) groups excluding carboxylic acids is 1. The summed E-state index contributed by atoms with van der Waals surface area (Å²) in [6.07, 6.45) is 8.94. The molecule has 1 aliphatic carbocycles. The number of rotatable bonds is 5. The first-order valence-corrected chi connectivity index (χ1v) is 8.31. The molecule has 0 bridgehead atoms. The van der Waals surface area contributed by atoms with E-state index in [1.165, 1.54) is 22.9 Å². The van der Waals surface area contributed by atoms with Crippen LogP contribution >= 0.6 is 0 Å². The Labute approximate surface area is 131 Å². The van der Waals surface area contributed by atoms with E-state index in [9.17, 15) is 4.79 Å². The maximum Gasteiger partial charge on any atom is 0.240 e. The maximum atomic E-state index is 12.3. The highest BCUT2D eigenvalue weighted by molar-refractivity contribution is 5.86. The van der Waals surface area contributed by atoms with Crippen molar-refractivity contribution in [3.8, 4) is 0 Å². The van der Waals surface area contributed by atoms with Crippen LogP contribution in [0, 0.1) is 0 Å². The minimum Gasteiger partial charge on any atom is -0.361 e. The smallest absolute Gasteiger partial charge is 0.240 e. The summed E-state index contributed by atoms with van der Waals surface area (Å²) in [5, 5.41) is 4.30. The molecule has 1 saturated carbocycles. The van der Waals surface area contributed by atoms with E-state index in [0.29, 0.717) is 6.54 Å². The normalized spacial score (nSPS) is 17.5. The molecule has 4 nitrogen and oxygen atoms in total. The number of hydrogen-bond donors (Lipinski definition) is 3. The van der Waals surface area contributed by atoms with Gasteiger partial charge in [0.25, 0.3) is 0 Å². The van der Waals surface area contributed by atoms with Gasteiger partial charge in [0, 0.05) is 23.6 Å². The van der Waals surface area contributed by atoms with Crippen LogP contribution in [0.3, 0.4) is 0 Å². The van der Waals surface area contributed by atoms with Crippen LogP contribution in [0.5, 0.6) is 0 Å². The van der Waals surface area contributed by atoms with Crippen molar-refractivity contribution in [3.63, 3.8) is 0 Å². The Morgan fingerprint density at radius 2 is 2.00 bits per heavy atom. The van der Waals surface area contributed by atoms with Crippen molar-refractivity contribution in [2.24, 2.45) is 5.73 Å². The third-order valence-electron chi connectivity index (χ3n) is 4.78. The first-order chi connectivity index (χ1) is 10.7. The number of aromatic amines is 1. The van der Waals surface area contributed by atoms with Gasteiger partial charge in [0.1, 0.15) is 0 Å². The molecule has 2 aromatic rings. The number of nitrogens with two attached hydrogens (primary N) is 1. The Balaban J connectivity index is 1.48. The van der Waals surface area contributed by atoms with E-state index >= 15 is 0 Å².